The number of hydrogen-bond donors (Lipinski definition) is 2. The molecule has 0 fully saturated rings. The Morgan fingerprint density at radius 2 is 1.88 bits per heavy atom. The van der Waals surface area contributed by atoms with E-state index in [-0.39, 0.29) is 10.9 Å². The van der Waals surface area contributed by atoms with Crippen molar-refractivity contribution in [1.29, 1.82) is 0 Å². The van der Waals surface area contributed by atoms with Gasteiger partial charge in [0.25, 0.3) is 0 Å². The van der Waals surface area contributed by atoms with Crippen LogP contribution < -0.4 is 10.5 Å². The second kappa shape index (κ2) is 7.45. The van der Waals surface area contributed by atoms with E-state index in [4.69, 9.17) is 4.42 Å². The third-order valence-electron chi connectivity index (χ3n) is 4.07. The highest BCUT2D eigenvalue weighted by Gasteiger charge is 2.22. The maximum atomic E-state index is 12.9. The molecule has 0 saturated heterocycles. The SMILES string of the molecule is CN(C)CCC(NS(=O)(=O)c1ccc2oc(=O)[nH]c2c1)c1ccccc1. The normalized spacial score (nSPS) is 13.3. The van der Waals surface area contributed by atoms with Gasteiger partial charge in [-0.3, -0.25) is 4.98 Å². The molecule has 138 valence electrons. The van der Waals surface area contributed by atoms with Gasteiger partial charge in [-0.2, -0.15) is 0 Å². The zero-order valence-electron chi connectivity index (χ0n) is 14.6. The van der Waals surface area contributed by atoms with Crippen molar-refractivity contribution in [3.63, 3.8) is 0 Å². The van der Waals surface area contributed by atoms with Crippen molar-refractivity contribution in [2.75, 3.05) is 20.6 Å². The predicted molar refractivity (Wildman–Crippen MR) is 99.5 cm³/mol. The number of rotatable bonds is 7. The molecule has 2 aromatic carbocycles. The molecule has 1 aromatic heterocycles. The fourth-order valence-electron chi connectivity index (χ4n) is 2.72. The molecule has 0 saturated carbocycles. The fraction of sp³-hybridized carbons (Fsp3) is 0.278. The van der Waals surface area contributed by atoms with Gasteiger partial charge in [-0.1, -0.05) is 30.3 Å². The standard InChI is InChI=1S/C18H21N3O4S/c1-21(2)11-10-15(13-6-4-3-5-7-13)20-26(23,24)14-8-9-17-16(12-14)19-18(22)25-17/h3-9,12,15,20H,10-11H2,1-2H3,(H,19,22). The first-order valence-corrected chi connectivity index (χ1v) is 9.68. The monoisotopic (exact) mass is 375 g/mol. The van der Waals surface area contributed by atoms with Crippen LogP contribution in [-0.2, 0) is 10.0 Å². The van der Waals surface area contributed by atoms with Gasteiger partial charge in [0.2, 0.25) is 10.0 Å². The topological polar surface area (TPSA) is 95.4 Å². The van der Waals surface area contributed by atoms with E-state index in [9.17, 15) is 13.2 Å². The van der Waals surface area contributed by atoms with Crippen molar-refractivity contribution in [3.8, 4) is 0 Å². The minimum atomic E-state index is -3.77. The largest absolute Gasteiger partial charge is 0.417 e. The van der Waals surface area contributed by atoms with Gasteiger partial charge in [-0.15, -0.1) is 0 Å². The number of benzene rings is 2. The first kappa shape index (κ1) is 18.4. The molecular weight excluding hydrogens is 354 g/mol. The van der Waals surface area contributed by atoms with Gasteiger partial charge < -0.3 is 9.32 Å². The highest BCUT2D eigenvalue weighted by molar-refractivity contribution is 7.89. The molecule has 3 aromatic rings. The van der Waals surface area contributed by atoms with E-state index in [1.54, 1.807) is 0 Å². The molecule has 0 aliphatic carbocycles. The molecule has 1 atom stereocenters. The first-order valence-electron chi connectivity index (χ1n) is 8.20. The number of H-pyrrole nitrogens is 1. The van der Waals surface area contributed by atoms with Crippen LogP contribution in [0.5, 0.6) is 0 Å². The van der Waals surface area contributed by atoms with Gasteiger partial charge in [0.15, 0.2) is 5.58 Å². The second-order valence-corrected chi connectivity index (χ2v) is 8.06. The van der Waals surface area contributed by atoms with E-state index in [1.807, 2.05) is 49.3 Å². The van der Waals surface area contributed by atoms with E-state index in [1.165, 1.54) is 18.2 Å². The molecule has 2 N–H and O–H groups in total. The number of sulfonamides is 1. The number of nitrogens with one attached hydrogen (secondary N) is 2. The number of oxazole rings is 1. The zero-order chi connectivity index (χ0) is 18.7. The summed E-state index contributed by atoms with van der Waals surface area (Å²) in [5.41, 5.74) is 1.57. The lowest BCUT2D eigenvalue weighted by atomic mass is 10.0. The van der Waals surface area contributed by atoms with Crippen molar-refractivity contribution >= 4 is 21.1 Å². The number of aromatic nitrogens is 1. The maximum Gasteiger partial charge on any atom is 0.417 e. The van der Waals surface area contributed by atoms with Crippen LogP contribution >= 0.6 is 0 Å². The highest BCUT2D eigenvalue weighted by Crippen LogP contribution is 2.22. The van der Waals surface area contributed by atoms with E-state index in [0.29, 0.717) is 17.5 Å². The molecule has 8 heteroatoms. The Morgan fingerprint density at radius 3 is 2.58 bits per heavy atom. The van der Waals surface area contributed by atoms with E-state index >= 15 is 0 Å². The summed E-state index contributed by atoms with van der Waals surface area (Å²) in [4.78, 5) is 15.8. The Hall–Kier alpha value is -2.42. The fourth-order valence-corrected chi connectivity index (χ4v) is 4.00. The Labute approximate surface area is 151 Å². The van der Waals surface area contributed by atoms with Crippen LogP contribution in [0.4, 0.5) is 0 Å². The van der Waals surface area contributed by atoms with Crippen LogP contribution in [0.1, 0.15) is 18.0 Å². The summed E-state index contributed by atoms with van der Waals surface area (Å²) in [6.07, 6.45) is 0.626. The number of aromatic amines is 1. The quantitative estimate of drug-likeness (QED) is 0.659. The zero-order valence-corrected chi connectivity index (χ0v) is 15.4. The average molecular weight is 375 g/mol. The van der Waals surface area contributed by atoms with Gasteiger partial charge in [0.1, 0.15) is 0 Å². The Morgan fingerprint density at radius 1 is 1.15 bits per heavy atom. The number of hydrogen-bond acceptors (Lipinski definition) is 5. The summed E-state index contributed by atoms with van der Waals surface area (Å²) in [6.45, 7) is 0.732. The number of nitrogens with zero attached hydrogens (tertiary/aromatic N) is 1. The molecule has 1 heterocycles. The maximum absolute atomic E-state index is 12.9. The van der Waals surface area contributed by atoms with Crippen molar-refractivity contribution in [2.24, 2.45) is 0 Å². The minimum absolute atomic E-state index is 0.0767. The van der Waals surface area contributed by atoms with Gasteiger partial charge in [-0.25, -0.2) is 17.9 Å². The van der Waals surface area contributed by atoms with Crippen molar-refractivity contribution in [3.05, 3.63) is 64.6 Å². The summed E-state index contributed by atoms with van der Waals surface area (Å²) >= 11 is 0. The summed E-state index contributed by atoms with van der Waals surface area (Å²) in [7, 11) is 0.118. The van der Waals surface area contributed by atoms with E-state index < -0.39 is 15.8 Å². The summed E-state index contributed by atoms with van der Waals surface area (Å²) in [5, 5.41) is 0. The molecule has 0 bridgehead atoms. The van der Waals surface area contributed by atoms with Crippen molar-refractivity contribution < 1.29 is 12.8 Å². The summed E-state index contributed by atoms with van der Waals surface area (Å²) in [5.74, 6) is -0.615. The van der Waals surface area contributed by atoms with Gasteiger partial charge >= 0.3 is 5.76 Å². The van der Waals surface area contributed by atoms with Crippen LogP contribution in [0, 0.1) is 0 Å². The molecule has 0 spiro atoms. The van der Waals surface area contributed by atoms with Crippen LogP contribution in [0.2, 0.25) is 0 Å². The summed E-state index contributed by atoms with van der Waals surface area (Å²) < 4.78 is 33.4. The molecule has 7 nitrogen and oxygen atoms in total. The third kappa shape index (κ3) is 4.21. The van der Waals surface area contributed by atoms with Crippen molar-refractivity contribution in [2.45, 2.75) is 17.4 Å². The van der Waals surface area contributed by atoms with Crippen LogP contribution in [0.25, 0.3) is 11.1 Å². The Kier molecular flexibility index (Phi) is 5.26. The Bertz CT molecular complexity index is 1040. The minimum Gasteiger partial charge on any atom is -0.408 e. The first-order chi connectivity index (χ1) is 12.3. The molecule has 0 radical (unpaired) electrons. The van der Waals surface area contributed by atoms with Crippen LogP contribution in [0.15, 0.2) is 62.6 Å². The van der Waals surface area contributed by atoms with Gasteiger partial charge in [0.05, 0.1) is 10.4 Å². The predicted octanol–water partition coefficient (Wildman–Crippen LogP) is 2.09. The highest BCUT2D eigenvalue weighted by atomic mass is 32.2. The van der Waals surface area contributed by atoms with Crippen molar-refractivity contribution in [1.82, 2.24) is 14.6 Å². The molecule has 26 heavy (non-hydrogen) atoms. The molecule has 1 unspecified atom stereocenters. The van der Waals surface area contributed by atoms with Gasteiger partial charge in [-0.05, 0) is 50.8 Å². The molecule has 0 aliphatic heterocycles. The lowest BCUT2D eigenvalue weighted by Gasteiger charge is -2.21. The van der Waals surface area contributed by atoms with Crippen LogP contribution in [-0.4, -0.2) is 38.9 Å². The molecule has 0 amide bonds. The van der Waals surface area contributed by atoms with E-state index in [0.717, 1.165) is 12.1 Å². The van der Waals surface area contributed by atoms with Gasteiger partial charge in [0, 0.05) is 6.04 Å². The smallest absolute Gasteiger partial charge is 0.408 e. The molecule has 0 aliphatic rings. The third-order valence-corrected chi connectivity index (χ3v) is 5.53. The lowest BCUT2D eigenvalue weighted by molar-refractivity contribution is 0.375. The number of fused-ring (bicyclic) bond motifs is 1. The van der Waals surface area contributed by atoms with E-state index in [2.05, 4.69) is 9.71 Å². The van der Waals surface area contributed by atoms with Crippen LogP contribution in [0.3, 0.4) is 0 Å². The molecule has 3 rings (SSSR count). The summed E-state index contributed by atoms with van der Waals surface area (Å²) in [6, 6.07) is 13.4. The average Bonchev–Trinajstić information content (AvgIpc) is 2.98. The molecular formula is C18H21N3O4S. The Balaban J connectivity index is 1.91. The lowest BCUT2D eigenvalue weighted by Crippen LogP contribution is -2.31. The second-order valence-electron chi connectivity index (χ2n) is 6.35.